The first-order valence-corrected chi connectivity index (χ1v) is 7.78. The molecule has 1 saturated heterocycles. The number of carbonyl (C=O) groups is 1. The number of esters is 1. The van der Waals surface area contributed by atoms with Gasteiger partial charge in [-0.15, -0.1) is 0 Å². The Bertz CT molecular complexity index is 678. The van der Waals surface area contributed by atoms with E-state index < -0.39 is 5.97 Å². The number of nitrogens with one attached hydrogen (secondary N) is 1. The second kappa shape index (κ2) is 6.49. The SMILES string of the molecule is COC(=O)c1[nH]ncc1CN1CCC[C@H]1c1nc(C(C)C)no1. The van der Waals surface area contributed by atoms with E-state index in [2.05, 4.69) is 25.2 Å². The average molecular weight is 319 g/mol. The third-order valence-corrected chi connectivity index (χ3v) is 4.10. The lowest BCUT2D eigenvalue weighted by atomic mass is 10.2. The molecule has 23 heavy (non-hydrogen) atoms. The van der Waals surface area contributed by atoms with Crippen molar-refractivity contribution in [3.63, 3.8) is 0 Å². The van der Waals surface area contributed by atoms with Gasteiger partial charge in [0.05, 0.1) is 19.3 Å². The molecule has 0 spiro atoms. The van der Waals surface area contributed by atoms with E-state index in [0.29, 0.717) is 18.1 Å². The highest BCUT2D eigenvalue weighted by molar-refractivity contribution is 5.88. The zero-order valence-electron chi connectivity index (χ0n) is 13.6. The van der Waals surface area contributed by atoms with E-state index in [1.807, 2.05) is 13.8 Å². The molecule has 0 aromatic carbocycles. The minimum absolute atomic E-state index is 0.0791. The fourth-order valence-electron chi connectivity index (χ4n) is 2.84. The highest BCUT2D eigenvalue weighted by Gasteiger charge is 2.32. The number of H-pyrrole nitrogens is 1. The van der Waals surface area contributed by atoms with Crippen LogP contribution in [0.15, 0.2) is 10.7 Å². The molecule has 3 rings (SSSR count). The molecule has 0 amide bonds. The summed E-state index contributed by atoms with van der Waals surface area (Å²) >= 11 is 0. The Balaban J connectivity index is 1.77. The lowest BCUT2D eigenvalue weighted by Crippen LogP contribution is -2.24. The molecule has 124 valence electrons. The van der Waals surface area contributed by atoms with Gasteiger partial charge in [-0.25, -0.2) is 4.79 Å². The summed E-state index contributed by atoms with van der Waals surface area (Å²) in [6, 6.07) is 0.0791. The van der Waals surface area contributed by atoms with Crippen LogP contribution in [0.2, 0.25) is 0 Å². The molecule has 8 nitrogen and oxygen atoms in total. The molecule has 3 heterocycles. The maximum Gasteiger partial charge on any atom is 0.356 e. The third-order valence-electron chi connectivity index (χ3n) is 4.10. The van der Waals surface area contributed by atoms with Crippen molar-refractivity contribution in [2.24, 2.45) is 0 Å². The number of methoxy groups -OCH3 is 1. The highest BCUT2D eigenvalue weighted by Crippen LogP contribution is 2.33. The van der Waals surface area contributed by atoms with Crippen LogP contribution in [0, 0.1) is 0 Å². The van der Waals surface area contributed by atoms with Gasteiger partial charge in [-0.2, -0.15) is 10.1 Å². The minimum Gasteiger partial charge on any atom is -0.464 e. The topological polar surface area (TPSA) is 97.1 Å². The molecule has 1 atom stereocenters. The molecular weight excluding hydrogens is 298 g/mol. The maximum absolute atomic E-state index is 11.7. The van der Waals surface area contributed by atoms with E-state index in [9.17, 15) is 4.79 Å². The van der Waals surface area contributed by atoms with Crippen LogP contribution in [0.5, 0.6) is 0 Å². The van der Waals surface area contributed by atoms with Crippen molar-refractivity contribution in [2.45, 2.75) is 45.2 Å². The number of likely N-dealkylation sites (tertiary alicyclic amines) is 1. The standard InChI is InChI=1S/C15H21N5O3/c1-9(2)13-17-14(23-19-13)11-5-4-6-20(11)8-10-7-16-18-12(10)15(21)22-3/h7,9,11H,4-6,8H2,1-3H3,(H,16,18)/t11-/m0/s1. The predicted octanol–water partition coefficient (Wildman–Crippen LogP) is 2.04. The van der Waals surface area contributed by atoms with Crippen molar-refractivity contribution in [1.82, 2.24) is 25.2 Å². The van der Waals surface area contributed by atoms with Crippen LogP contribution >= 0.6 is 0 Å². The normalized spacial score (nSPS) is 18.7. The van der Waals surface area contributed by atoms with E-state index in [0.717, 1.165) is 30.8 Å². The molecule has 0 saturated carbocycles. The second-order valence-electron chi connectivity index (χ2n) is 6.04. The molecule has 2 aromatic heterocycles. The average Bonchev–Trinajstić information content (AvgIpc) is 3.26. The Labute approximate surface area is 134 Å². The molecule has 8 heteroatoms. The Morgan fingerprint density at radius 2 is 2.39 bits per heavy atom. The van der Waals surface area contributed by atoms with Crippen molar-refractivity contribution in [2.75, 3.05) is 13.7 Å². The van der Waals surface area contributed by atoms with E-state index >= 15 is 0 Å². The van der Waals surface area contributed by atoms with Crippen LogP contribution in [0.25, 0.3) is 0 Å². The molecule has 0 bridgehead atoms. The number of rotatable bonds is 5. The number of nitrogens with zero attached hydrogens (tertiary/aromatic N) is 4. The summed E-state index contributed by atoms with van der Waals surface area (Å²) in [6.45, 7) is 5.57. The summed E-state index contributed by atoms with van der Waals surface area (Å²) in [6.07, 6.45) is 3.68. The molecule has 1 aliphatic heterocycles. The Morgan fingerprint density at radius 1 is 1.57 bits per heavy atom. The third kappa shape index (κ3) is 3.12. The summed E-state index contributed by atoms with van der Waals surface area (Å²) in [5.74, 6) is 1.20. The number of hydrogen-bond donors (Lipinski definition) is 1. The number of aromatic amines is 1. The van der Waals surface area contributed by atoms with Crippen LogP contribution in [0.1, 0.15) is 66.4 Å². The Morgan fingerprint density at radius 3 is 3.09 bits per heavy atom. The quantitative estimate of drug-likeness (QED) is 0.842. The van der Waals surface area contributed by atoms with Crippen molar-refractivity contribution >= 4 is 5.97 Å². The first-order valence-electron chi connectivity index (χ1n) is 7.78. The number of carbonyl (C=O) groups excluding carboxylic acids is 1. The van der Waals surface area contributed by atoms with Crippen molar-refractivity contribution in [1.29, 1.82) is 0 Å². The summed E-state index contributed by atoms with van der Waals surface area (Å²) in [4.78, 5) is 18.5. The van der Waals surface area contributed by atoms with E-state index in [1.54, 1.807) is 6.20 Å². The number of aromatic nitrogens is 4. The van der Waals surface area contributed by atoms with Gasteiger partial charge in [0.15, 0.2) is 5.82 Å². The largest absolute Gasteiger partial charge is 0.464 e. The zero-order chi connectivity index (χ0) is 16.4. The van der Waals surface area contributed by atoms with Gasteiger partial charge in [-0.3, -0.25) is 10.00 Å². The molecule has 1 N–H and O–H groups in total. The minimum atomic E-state index is -0.409. The monoisotopic (exact) mass is 319 g/mol. The first-order chi connectivity index (χ1) is 11.1. The van der Waals surface area contributed by atoms with Gasteiger partial charge in [-0.1, -0.05) is 19.0 Å². The molecular formula is C15H21N5O3. The molecule has 1 fully saturated rings. The van der Waals surface area contributed by atoms with Gasteiger partial charge >= 0.3 is 5.97 Å². The van der Waals surface area contributed by atoms with E-state index in [-0.39, 0.29) is 12.0 Å². The van der Waals surface area contributed by atoms with Crippen LogP contribution < -0.4 is 0 Å². The molecule has 0 radical (unpaired) electrons. The fraction of sp³-hybridized carbons (Fsp3) is 0.600. The van der Waals surface area contributed by atoms with Crippen LogP contribution in [0.4, 0.5) is 0 Å². The van der Waals surface area contributed by atoms with Crippen molar-refractivity contribution < 1.29 is 14.1 Å². The summed E-state index contributed by atoms with van der Waals surface area (Å²) in [5, 5.41) is 10.7. The van der Waals surface area contributed by atoms with Gasteiger partial charge < -0.3 is 9.26 Å². The molecule has 1 aliphatic rings. The van der Waals surface area contributed by atoms with Crippen molar-refractivity contribution in [3.8, 4) is 0 Å². The van der Waals surface area contributed by atoms with Crippen molar-refractivity contribution in [3.05, 3.63) is 29.2 Å². The van der Waals surface area contributed by atoms with Crippen LogP contribution in [-0.2, 0) is 11.3 Å². The molecule has 2 aromatic rings. The van der Waals surface area contributed by atoms with Crippen LogP contribution in [-0.4, -0.2) is 44.9 Å². The van der Waals surface area contributed by atoms with Gasteiger partial charge in [0.25, 0.3) is 0 Å². The Hall–Kier alpha value is -2.22. The predicted molar refractivity (Wildman–Crippen MR) is 80.7 cm³/mol. The van der Waals surface area contributed by atoms with Gasteiger partial charge in [0.1, 0.15) is 5.69 Å². The molecule has 0 unspecified atom stereocenters. The maximum atomic E-state index is 11.7. The van der Waals surface area contributed by atoms with Gasteiger partial charge in [0, 0.05) is 18.0 Å². The summed E-state index contributed by atoms with van der Waals surface area (Å²) in [5.41, 5.74) is 1.21. The fourth-order valence-corrected chi connectivity index (χ4v) is 2.84. The highest BCUT2D eigenvalue weighted by atomic mass is 16.5. The Kier molecular flexibility index (Phi) is 4.42. The molecule has 0 aliphatic carbocycles. The van der Waals surface area contributed by atoms with E-state index in [4.69, 9.17) is 9.26 Å². The summed E-state index contributed by atoms with van der Waals surface area (Å²) in [7, 11) is 1.36. The van der Waals surface area contributed by atoms with Crippen LogP contribution in [0.3, 0.4) is 0 Å². The van der Waals surface area contributed by atoms with Gasteiger partial charge in [0.2, 0.25) is 5.89 Å². The van der Waals surface area contributed by atoms with Gasteiger partial charge in [-0.05, 0) is 19.4 Å². The summed E-state index contributed by atoms with van der Waals surface area (Å²) < 4.78 is 10.2. The number of hydrogen-bond acceptors (Lipinski definition) is 7. The van der Waals surface area contributed by atoms with E-state index in [1.165, 1.54) is 7.11 Å². The lowest BCUT2D eigenvalue weighted by Gasteiger charge is -2.21. The smallest absolute Gasteiger partial charge is 0.356 e. The lowest BCUT2D eigenvalue weighted by molar-refractivity contribution is 0.0591. The first kappa shape index (κ1) is 15.7. The number of ether oxygens (including phenoxy) is 1. The second-order valence-corrected chi connectivity index (χ2v) is 6.04. The zero-order valence-corrected chi connectivity index (χ0v) is 13.6.